The fraction of sp³-hybridized carbons (Fsp3) is 0.533. The first kappa shape index (κ1) is 16.2. The van der Waals surface area contributed by atoms with Gasteiger partial charge in [-0.2, -0.15) is 0 Å². The number of rotatable bonds is 7. The van der Waals surface area contributed by atoms with Gasteiger partial charge in [0.2, 0.25) is 0 Å². The number of nitrogens with one attached hydrogen (secondary N) is 1. The summed E-state index contributed by atoms with van der Waals surface area (Å²) in [5, 5.41) is 25.7. The molecule has 1 atom stereocenters. The van der Waals surface area contributed by atoms with Crippen LogP contribution in [0.2, 0.25) is 0 Å². The Bertz CT molecular complexity index is 668. The van der Waals surface area contributed by atoms with Gasteiger partial charge in [0.05, 0.1) is 18.5 Å². The number of hydrogen-bond acceptors (Lipinski definition) is 5. The summed E-state index contributed by atoms with van der Waals surface area (Å²) in [6.07, 6.45) is 2.16. The Labute approximate surface area is 129 Å². The molecule has 0 saturated carbocycles. The van der Waals surface area contributed by atoms with Crippen molar-refractivity contribution in [2.24, 2.45) is 5.92 Å². The van der Waals surface area contributed by atoms with Crippen molar-refractivity contribution < 1.29 is 15.0 Å². The van der Waals surface area contributed by atoms with E-state index in [-0.39, 0.29) is 12.5 Å². The third-order valence-corrected chi connectivity index (χ3v) is 3.59. The summed E-state index contributed by atoms with van der Waals surface area (Å²) >= 11 is 0. The highest BCUT2D eigenvalue weighted by molar-refractivity contribution is 5.80. The molecular formula is C15H22N4O3. The number of carboxylic acid groups (broad SMARTS) is 1. The third-order valence-electron chi connectivity index (χ3n) is 3.59. The smallest absolute Gasteiger partial charge is 0.315 e. The highest BCUT2D eigenvalue weighted by Crippen LogP contribution is 2.31. The van der Waals surface area contributed by atoms with Crippen LogP contribution < -0.4 is 5.32 Å². The molecule has 0 saturated heterocycles. The van der Waals surface area contributed by atoms with Gasteiger partial charge in [0, 0.05) is 6.54 Å². The minimum Gasteiger partial charge on any atom is -0.481 e. The van der Waals surface area contributed by atoms with Crippen molar-refractivity contribution in [1.82, 2.24) is 14.6 Å². The van der Waals surface area contributed by atoms with E-state index in [1.54, 1.807) is 29.8 Å². The monoisotopic (exact) mass is 306 g/mol. The number of hydrogen-bond donors (Lipinski definition) is 3. The van der Waals surface area contributed by atoms with Gasteiger partial charge in [-0.1, -0.05) is 13.8 Å². The second-order valence-corrected chi connectivity index (χ2v) is 6.03. The van der Waals surface area contributed by atoms with Gasteiger partial charge in [0.15, 0.2) is 5.65 Å². The standard InChI is InChI=1S/C15H22N4O3/c1-10(2)8-15(3,14(21)22)11-9-19-13(17-11)5-4-12(18-19)16-6-7-20/h4-5,9-10,20H,6-8H2,1-3H3,(H,16,18)(H,21,22). The molecule has 1 unspecified atom stereocenters. The summed E-state index contributed by atoms with van der Waals surface area (Å²) < 4.78 is 1.57. The zero-order valence-corrected chi connectivity index (χ0v) is 13.1. The Hall–Kier alpha value is -2.15. The largest absolute Gasteiger partial charge is 0.481 e. The first-order valence-corrected chi connectivity index (χ1v) is 7.32. The van der Waals surface area contributed by atoms with Crippen molar-refractivity contribution in [3.05, 3.63) is 24.0 Å². The maximum Gasteiger partial charge on any atom is 0.315 e. The topological polar surface area (TPSA) is 99.8 Å². The number of carboxylic acids is 1. The zero-order chi connectivity index (χ0) is 16.3. The average Bonchev–Trinajstić information content (AvgIpc) is 2.87. The molecule has 2 aromatic heterocycles. The maximum atomic E-state index is 11.7. The second kappa shape index (κ2) is 6.31. The minimum atomic E-state index is -1.04. The molecule has 0 bridgehead atoms. The summed E-state index contributed by atoms with van der Waals surface area (Å²) in [5.41, 5.74) is 0.0573. The summed E-state index contributed by atoms with van der Waals surface area (Å²) in [4.78, 5) is 16.2. The first-order valence-electron chi connectivity index (χ1n) is 7.32. The molecule has 0 aliphatic heterocycles. The first-order chi connectivity index (χ1) is 10.4. The lowest BCUT2D eigenvalue weighted by atomic mass is 9.79. The lowest BCUT2D eigenvalue weighted by molar-refractivity contribution is -0.144. The van der Waals surface area contributed by atoms with Crippen molar-refractivity contribution in [2.75, 3.05) is 18.5 Å². The number of imidazole rings is 1. The van der Waals surface area contributed by atoms with E-state index in [4.69, 9.17) is 5.11 Å². The van der Waals surface area contributed by atoms with Gasteiger partial charge in [0.25, 0.3) is 0 Å². The molecule has 0 radical (unpaired) electrons. The number of fused-ring (bicyclic) bond motifs is 1. The van der Waals surface area contributed by atoms with Gasteiger partial charge in [-0.25, -0.2) is 9.50 Å². The van der Waals surface area contributed by atoms with E-state index in [0.717, 1.165) is 0 Å². The predicted molar refractivity (Wildman–Crippen MR) is 83.0 cm³/mol. The fourth-order valence-electron chi connectivity index (χ4n) is 2.54. The lowest BCUT2D eigenvalue weighted by Crippen LogP contribution is -2.34. The van der Waals surface area contributed by atoms with E-state index in [1.165, 1.54) is 0 Å². The van der Waals surface area contributed by atoms with E-state index in [1.807, 2.05) is 13.8 Å². The molecule has 0 aliphatic carbocycles. The molecule has 2 aromatic rings. The van der Waals surface area contributed by atoms with Crippen LogP contribution in [0.4, 0.5) is 5.82 Å². The minimum absolute atomic E-state index is 0.0143. The van der Waals surface area contributed by atoms with Crippen molar-refractivity contribution >= 4 is 17.4 Å². The molecule has 0 fully saturated rings. The number of anilines is 1. The Balaban J connectivity index is 2.40. The van der Waals surface area contributed by atoms with Crippen LogP contribution in [0.15, 0.2) is 18.3 Å². The molecule has 0 amide bonds. The highest BCUT2D eigenvalue weighted by Gasteiger charge is 2.38. The Morgan fingerprint density at radius 3 is 2.77 bits per heavy atom. The Kier molecular flexibility index (Phi) is 4.65. The molecule has 2 rings (SSSR count). The molecule has 0 spiro atoms. The number of aliphatic hydroxyl groups excluding tert-OH is 1. The molecule has 7 heteroatoms. The third kappa shape index (κ3) is 3.19. The van der Waals surface area contributed by atoms with Crippen LogP contribution in [0.25, 0.3) is 5.65 Å². The average molecular weight is 306 g/mol. The number of aliphatic hydroxyl groups is 1. The maximum absolute atomic E-state index is 11.7. The molecular weight excluding hydrogens is 284 g/mol. The quantitative estimate of drug-likeness (QED) is 0.717. The predicted octanol–water partition coefficient (Wildman–Crippen LogP) is 1.52. The van der Waals surface area contributed by atoms with Crippen LogP contribution in [0.1, 0.15) is 32.9 Å². The summed E-state index contributed by atoms with van der Waals surface area (Å²) in [6.45, 7) is 6.10. The van der Waals surface area contributed by atoms with Crippen LogP contribution in [0.3, 0.4) is 0 Å². The van der Waals surface area contributed by atoms with Crippen molar-refractivity contribution in [3.63, 3.8) is 0 Å². The van der Waals surface area contributed by atoms with Gasteiger partial charge in [-0.15, -0.1) is 5.10 Å². The van der Waals surface area contributed by atoms with Gasteiger partial charge in [-0.05, 0) is 31.4 Å². The van der Waals surface area contributed by atoms with E-state index < -0.39 is 11.4 Å². The number of carbonyl (C=O) groups is 1. The van der Waals surface area contributed by atoms with E-state index in [0.29, 0.717) is 30.1 Å². The Morgan fingerprint density at radius 1 is 1.45 bits per heavy atom. The summed E-state index contributed by atoms with van der Waals surface area (Å²) in [7, 11) is 0. The zero-order valence-electron chi connectivity index (χ0n) is 13.1. The van der Waals surface area contributed by atoms with Crippen LogP contribution in [-0.2, 0) is 10.2 Å². The van der Waals surface area contributed by atoms with Gasteiger partial charge < -0.3 is 15.5 Å². The van der Waals surface area contributed by atoms with Crippen LogP contribution in [0.5, 0.6) is 0 Å². The van der Waals surface area contributed by atoms with Crippen molar-refractivity contribution in [2.45, 2.75) is 32.6 Å². The molecule has 0 aliphatic rings. The molecule has 2 heterocycles. The van der Waals surface area contributed by atoms with Gasteiger partial charge >= 0.3 is 5.97 Å². The molecule has 22 heavy (non-hydrogen) atoms. The molecule has 7 nitrogen and oxygen atoms in total. The molecule has 3 N–H and O–H groups in total. The molecule has 120 valence electrons. The lowest BCUT2D eigenvalue weighted by Gasteiger charge is -2.24. The van der Waals surface area contributed by atoms with E-state index in [2.05, 4.69) is 15.4 Å². The normalized spacial score (nSPS) is 14.2. The molecule has 0 aromatic carbocycles. The van der Waals surface area contributed by atoms with E-state index in [9.17, 15) is 9.90 Å². The van der Waals surface area contributed by atoms with Crippen molar-refractivity contribution in [3.8, 4) is 0 Å². The van der Waals surface area contributed by atoms with Crippen LogP contribution in [-0.4, -0.2) is 43.9 Å². The summed E-state index contributed by atoms with van der Waals surface area (Å²) in [6, 6.07) is 3.52. The van der Waals surface area contributed by atoms with Gasteiger partial charge in [0.1, 0.15) is 11.2 Å². The highest BCUT2D eigenvalue weighted by atomic mass is 16.4. The Morgan fingerprint density at radius 2 is 2.18 bits per heavy atom. The number of aliphatic carboxylic acids is 1. The SMILES string of the molecule is CC(C)CC(C)(C(=O)O)c1cn2nc(NCCO)ccc2n1. The van der Waals surface area contributed by atoms with Crippen molar-refractivity contribution in [1.29, 1.82) is 0 Å². The fourth-order valence-corrected chi connectivity index (χ4v) is 2.54. The van der Waals surface area contributed by atoms with Gasteiger partial charge in [-0.3, -0.25) is 4.79 Å². The van der Waals surface area contributed by atoms with Crippen LogP contribution >= 0.6 is 0 Å². The second-order valence-electron chi connectivity index (χ2n) is 6.03. The number of nitrogens with zero attached hydrogens (tertiary/aromatic N) is 3. The summed E-state index contributed by atoms with van der Waals surface area (Å²) in [5.74, 6) is -0.0460. The van der Waals surface area contributed by atoms with Crippen LogP contribution in [0, 0.1) is 5.92 Å². The van der Waals surface area contributed by atoms with E-state index >= 15 is 0 Å². The number of aromatic nitrogens is 3.